The zero-order chi connectivity index (χ0) is 49.8. The number of hydrogen-bond acceptors (Lipinski definition) is 6. The topological polar surface area (TPSA) is 78.9 Å². The van der Waals surface area contributed by atoms with Crippen molar-refractivity contribution >= 4 is 17.9 Å². The van der Waals surface area contributed by atoms with Crippen LogP contribution in [0.5, 0.6) is 0 Å². The number of ether oxygens (including phenoxy) is 3. The summed E-state index contributed by atoms with van der Waals surface area (Å²) in [5.74, 6) is 1.82. The van der Waals surface area contributed by atoms with Gasteiger partial charge in [0.15, 0.2) is 6.10 Å². The molecule has 0 heterocycles. The predicted molar refractivity (Wildman–Crippen MR) is 293 cm³/mol. The van der Waals surface area contributed by atoms with Gasteiger partial charge in [0.1, 0.15) is 13.2 Å². The molecule has 6 nitrogen and oxygen atoms in total. The Kier molecular flexibility index (Phi) is 52.0. The summed E-state index contributed by atoms with van der Waals surface area (Å²) in [6.07, 6.45) is 56.5. The van der Waals surface area contributed by atoms with E-state index in [1.165, 1.54) is 225 Å². The Morgan fingerprint density at radius 2 is 0.471 bits per heavy atom. The largest absolute Gasteiger partial charge is 0.462 e. The van der Waals surface area contributed by atoms with E-state index in [2.05, 4.69) is 41.5 Å². The molecule has 0 rings (SSSR count). The fourth-order valence-electron chi connectivity index (χ4n) is 9.43. The molecule has 6 heteroatoms. The van der Waals surface area contributed by atoms with E-state index < -0.39 is 6.10 Å². The Hall–Kier alpha value is -1.59. The molecule has 0 aliphatic rings. The summed E-state index contributed by atoms with van der Waals surface area (Å²) >= 11 is 0. The molecule has 3 unspecified atom stereocenters. The second-order valence-electron chi connectivity index (χ2n) is 22.1. The van der Waals surface area contributed by atoms with Gasteiger partial charge in [-0.1, -0.05) is 305 Å². The average molecular weight is 962 g/mol. The number of esters is 3. The number of hydrogen-bond donors (Lipinski definition) is 0. The molecule has 0 spiro atoms. The van der Waals surface area contributed by atoms with Gasteiger partial charge in [0.2, 0.25) is 0 Å². The van der Waals surface area contributed by atoms with Crippen LogP contribution < -0.4 is 0 Å². The maximum Gasteiger partial charge on any atom is 0.306 e. The molecule has 0 aromatic carbocycles. The molecule has 0 saturated carbocycles. The van der Waals surface area contributed by atoms with Gasteiger partial charge < -0.3 is 14.2 Å². The summed E-state index contributed by atoms with van der Waals surface area (Å²) in [7, 11) is 0. The molecule has 0 aliphatic heterocycles. The molecule has 0 aromatic rings. The molecule has 4 atom stereocenters. The van der Waals surface area contributed by atoms with E-state index in [1.54, 1.807) is 0 Å². The third-order valence-electron chi connectivity index (χ3n) is 15.2. The summed E-state index contributed by atoms with van der Waals surface area (Å²) < 4.78 is 16.9. The van der Waals surface area contributed by atoms with Crippen LogP contribution >= 0.6 is 0 Å². The summed E-state index contributed by atoms with van der Waals surface area (Å²) in [5, 5.41) is 0. The van der Waals surface area contributed by atoms with E-state index in [9.17, 15) is 14.4 Å². The van der Waals surface area contributed by atoms with E-state index in [0.29, 0.717) is 19.3 Å². The highest BCUT2D eigenvalue weighted by Gasteiger charge is 2.19. The van der Waals surface area contributed by atoms with Crippen LogP contribution in [0.15, 0.2) is 0 Å². The maximum atomic E-state index is 12.9. The van der Waals surface area contributed by atoms with Gasteiger partial charge in [-0.3, -0.25) is 14.4 Å². The third-order valence-corrected chi connectivity index (χ3v) is 15.2. The molecule has 0 radical (unpaired) electrons. The molecule has 68 heavy (non-hydrogen) atoms. The van der Waals surface area contributed by atoms with Crippen LogP contribution in [0.1, 0.15) is 343 Å². The van der Waals surface area contributed by atoms with Crippen molar-refractivity contribution in [1.82, 2.24) is 0 Å². The highest BCUT2D eigenvalue weighted by molar-refractivity contribution is 5.71. The smallest absolute Gasteiger partial charge is 0.306 e. The van der Waals surface area contributed by atoms with Crippen molar-refractivity contribution in [2.45, 2.75) is 349 Å². The number of rotatable bonds is 55. The molecule has 0 aliphatic carbocycles. The molecule has 0 amide bonds. The van der Waals surface area contributed by atoms with Crippen molar-refractivity contribution < 1.29 is 28.6 Å². The van der Waals surface area contributed by atoms with Crippen molar-refractivity contribution in [3.63, 3.8) is 0 Å². The van der Waals surface area contributed by atoms with Crippen LogP contribution in [0.25, 0.3) is 0 Å². The molecular formula is C62H120O6. The molecule has 0 aromatic heterocycles. The monoisotopic (exact) mass is 961 g/mol. The van der Waals surface area contributed by atoms with E-state index in [4.69, 9.17) is 14.2 Å². The van der Waals surface area contributed by atoms with Crippen LogP contribution in [-0.2, 0) is 28.6 Å². The second-order valence-corrected chi connectivity index (χ2v) is 22.1. The first-order valence-corrected chi connectivity index (χ1v) is 30.7. The van der Waals surface area contributed by atoms with Crippen molar-refractivity contribution in [3.05, 3.63) is 0 Å². The van der Waals surface area contributed by atoms with Crippen LogP contribution in [0.2, 0.25) is 0 Å². The first-order chi connectivity index (χ1) is 33.2. The third kappa shape index (κ3) is 50.8. The molecule has 0 saturated heterocycles. The first kappa shape index (κ1) is 66.4. The Morgan fingerprint density at radius 1 is 0.279 bits per heavy atom. The van der Waals surface area contributed by atoms with Gasteiger partial charge in [-0.05, 0) is 37.0 Å². The van der Waals surface area contributed by atoms with Gasteiger partial charge in [-0.15, -0.1) is 0 Å². The predicted octanol–water partition coefficient (Wildman–Crippen LogP) is 20.3. The van der Waals surface area contributed by atoms with E-state index in [1.807, 2.05) is 0 Å². The molecule has 0 bridgehead atoms. The second kappa shape index (κ2) is 53.2. The summed E-state index contributed by atoms with van der Waals surface area (Å²) in [5.41, 5.74) is 0. The number of carbonyl (C=O) groups excluding carboxylic acids is 3. The fraction of sp³-hybridized carbons (Fsp3) is 0.952. The standard InChI is InChI=1S/C62H120O6/c1-7-56(4)48-42-36-30-24-18-14-10-12-16-20-27-33-39-45-51-60(63)66-54-59(55-67-61(64)52-46-40-34-28-23-22-26-32-38-44-50-58(6)9-3)68-62(65)53-47-41-35-29-21-17-13-11-15-19-25-31-37-43-49-57(5)8-2/h56-59H,7-55H2,1-6H3/t56?,57?,58?,59-/m0/s1. The summed E-state index contributed by atoms with van der Waals surface area (Å²) in [4.78, 5) is 38.2. The average Bonchev–Trinajstić information content (AvgIpc) is 3.34. The van der Waals surface area contributed by atoms with Crippen molar-refractivity contribution in [2.24, 2.45) is 17.8 Å². The Bertz CT molecular complexity index is 1060. The van der Waals surface area contributed by atoms with Crippen LogP contribution in [0.4, 0.5) is 0 Å². The van der Waals surface area contributed by atoms with Gasteiger partial charge in [-0.2, -0.15) is 0 Å². The van der Waals surface area contributed by atoms with E-state index in [0.717, 1.165) is 75.5 Å². The van der Waals surface area contributed by atoms with Gasteiger partial charge in [0, 0.05) is 19.3 Å². The van der Waals surface area contributed by atoms with Gasteiger partial charge in [-0.25, -0.2) is 0 Å². The van der Waals surface area contributed by atoms with Gasteiger partial charge in [0.05, 0.1) is 0 Å². The van der Waals surface area contributed by atoms with Crippen LogP contribution in [-0.4, -0.2) is 37.2 Å². The summed E-state index contributed by atoms with van der Waals surface area (Å²) in [6, 6.07) is 0. The quantitative estimate of drug-likeness (QED) is 0.0343. The Labute approximate surface area is 425 Å². The highest BCUT2D eigenvalue weighted by atomic mass is 16.6. The van der Waals surface area contributed by atoms with Gasteiger partial charge >= 0.3 is 17.9 Å². The lowest BCUT2D eigenvalue weighted by Gasteiger charge is -2.18. The lowest BCUT2D eigenvalue weighted by molar-refractivity contribution is -0.167. The van der Waals surface area contributed by atoms with Crippen LogP contribution in [0, 0.1) is 17.8 Å². The molecule has 404 valence electrons. The SMILES string of the molecule is CCC(C)CCCCCCCCCCCCCCCCC(=O)OC[C@@H](COC(=O)CCCCCCCCCCCCC(C)CC)OC(=O)CCCCCCCCCCCCCCCCC(C)CC. The minimum atomic E-state index is -0.764. The number of unbranched alkanes of at least 4 members (excludes halogenated alkanes) is 35. The normalized spacial score (nSPS) is 13.3. The van der Waals surface area contributed by atoms with Crippen molar-refractivity contribution in [3.8, 4) is 0 Å². The molecular weight excluding hydrogens is 841 g/mol. The zero-order valence-electron chi connectivity index (χ0n) is 46.9. The molecule has 0 N–H and O–H groups in total. The lowest BCUT2D eigenvalue weighted by atomic mass is 9.99. The summed E-state index contributed by atoms with van der Waals surface area (Å²) in [6.45, 7) is 13.9. The highest BCUT2D eigenvalue weighted by Crippen LogP contribution is 2.20. The lowest BCUT2D eigenvalue weighted by Crippen LogP contribution is -2.30. The zero-order valence-corrected chi connectivity index (χ0v) is 46.9. The van der Waals surface area contributed by atoms with E-state index >= 15 is 0 Å². The molecule has 0 fully saturated rings. The minimum absolute atomic E-state index is 0.0632. The fourth-order valence-corrected chi connectivity index (χ4v) is 9.43. The van der Waals surface area contributed by atoms with Crippen molar-refractivity contribution in [1.29, 1.82) is 0 Å². The Balaban J connectivity index is 4.31. The van der Waals surface area contributed by atoms with Crippen molar-refractivity contribution in [2.75, 3.05) is 13.2 Å². The van der Waals surface area contributed by atoms with Crippen LogP contribution in [0.3, 0.4) is 0 Å². The first-order valence-electron chi connectivity index (χ1n) is 30.7. The minimum Gasteiger partial charge on any atom is -0.462 e. The Morgan fingerprint density at radius 3 is 0.691 bits per heavy atom. The number of carbonyl (C=O) groups is 3. The maximum absolute atomic E-state index is 12.9. The van der Waals surface area contributed by atoms with E-state index in [-0.39, 0.29) is 31.1 Å². The van der Waals surface area contributed by atoms with Gasteiger partial charge in [0.25, 0.3) is 0 Å².